The van der Waals surface area contributed by atoms with E-state index in [4.69, 9.17) is 0 Å². The Balaban J connectivity index is 1.59. The van der Waals surface area contributed by atoms with E-state index in [-0.39, 0.29) is 37.1 Å². The van der Waals surface area contributed by atoms with Crippen LogP contribution in [0, 0.1) is 20.8 Å². The molecule has 3 aromatic rings. The van der Waals surface area contributed by atoms with Gasteiger partial charge in [-0.25, -0.2) is 0 Å². The molecule has 8 nitrogen and oxygen atoms in total. The van der Waals surface area contributed by atoms with Crippen LogP contribution in [0.3, 0.4) is 0 Å². The van der Waals surface area contributed by atoms with E-state index in [1.54, 1.807) is 30.4 Å². The summed E-state index contributed by atoms with van der Waals surface area (Å²) in [5.41, 5.74) is 3.11. The largest absolute Gasteiger partial charge is 0.344 e. The Kier molecular flexibility index (Phi) is 6.82. The van der Waals surface area contributed by atoms with Crippen molar-refractivity contribution in [1.29, 1.82) is 0 Å². The zero-order valence-corrected chi connectivity index (χ0v) is 20.7. The standard InChI is InChI=1S/C27H31N5O3/c1-19-8-5-6-10-23(19)27(15-24(33)30(4)12-13-32-21(3)14-20(2)29-32)16-25(34)31(26(27)35)18-22-9-7-11-28-17-22/h5-11,14,17H,12-13,15-16,18H2,1-4H3. The lowest BCUT2D eigenvalue weighted by molar-refractivity contribution is -0.143. The van der Waals surface area contributed by atoms with Crippen LogP contribution in [0.5, 0.6) is 0 Å². The molecule has 1 unspecified atom stereocenters. The number of amides is 3. The Morgan fingerprint density at radius 2 is 1.89 bits per heavy atom. The number of pyridine rings is 1. The van der Waals surface area contributed by atoms with Crippen molar-refractivity contribution in [2.45, 2.75) is 52.1 Å². The summed E-state index contributed by atoms with van der Waals surface area (Å²) in [5, 5.41) is 4.46. The molecule has 182 valence electrons. The van der Waals surface area contributed by atoms with Gasteiger partial charge in [-0.15, -0.1) is 0 Å². The van der Waals surface area contributed by atoms with E-state index in [1.165, 1.54) is 4.90 Å². The molecular weight excluding hydrogens is 442 g/mol. The number of carbonyl (C=O) groups excluding carboxylic acids is 3. The first-order valence-corrected chi connectivity index (χ1v) is 11.8. The van der Waals surface area contributed by atoms with Crippen LogP contribution in [0.4, 0.5) is 0 Å². The smallest absolute Gasteiger partial charge is 0.241 e. The van der Waals surface area contributed by atoms with E-state index in [9.17, 15) is 14.4 Å². The number of hydrogen-bond donors (Lipinski definition) is 0. The van der Waals surface area contributed by atoms with Gasteiger partial charge < -0.3 is 4.90 Å². The van der Waals surface area contributed by atoms with Crippen molar-refractivity contribution in [3.05, 3.63) is 82.9 Å². The molecule has 0 N–H and O–H groups in total. The fourth-order valence-electron chi connectivity index (χ4n) is 4.85. The molecule has 0 bridgehead atoms. The first-order chi connectivity index (χ1) is 16.7. The molecular formula is C27H31N5O3. The Bertz CT molecular complexity index is 1250. The molecule has 1 aromatic carbocycles. The van der Waals surface area contributed by atoms with Gasteiger partial charge in [-0.3, -0.25) is 28.9 Å². The molecule has 2 aromatic heterocycles. The highest BCUT2D eigenvalue weighted by molar-refractivity contribution is 6.10. The summed E-state index contributed by atoms with van der Waals surface area (Å²) in [7, 11) is 1.73. The van der Waals surface area contributed by atoms with Gasteiger partial charge in [0.25, 0.3) is 0 Å². The van der Waals surface area contributed by atoms with Crippen LogP contribution < -0.4 is 0 Å². The number of likely N-dealkylation sites (tertiary alicyclic amines) is 1. The second kappa shape index (κ2) is 9.82. The second-order valence-electron chi connectivity index (χ2n) is 9.36. The molecule has 0 saturated carbocycles. The fourth-order valence-corrected chi connectivity index (χ4v) is 4.85. The molecule has 0 aliphatic carbocycles. The molecule has 3 amide bonds. The summed E-state index contributed by atoms with van der Waals surface area (Å²) in [6.45, 7) is 6.97. The van der Waals surface area contributed by atoms with E-state index in [0.717, 1.165) is 28.1 Å². The van der Waals surface area contributed by atoms with E-state index in [1.807, 2.05) is 61.9 Å². The Hall–Kier alpha value is -3.81. The Morgan fingerprint density at radius 1 is 1.11 bits per heavy atom. The molecule has 0 spiro atoms. The first kappa shape index (κ1) is 24.3. The molecule has 4 rings (SSSR count). The predicted molar refractivity (Wildman–Crippen MR) is 131 cm³/mol. The molecule has 0 radical (unpaired) electrons. The third-order valence-corrected chi connectivity index (χ3v) is 6.76. The number of benzene rings is 1. The normalized spacial score (nSPS) is 17.8. The zero-order valence-electron chi connectivity index (χ0n) is 20.7. The summed E-state index contributed by atoms with van der Waals surface area (Å²) < 4.78 is 1.87. The minimum Gasteiger partial charge on any atom is -0.344 e. The van der Waals surface area contributed by atoms with Crippen molar-refractivity contribution in [2.24, 2.45) is 0 Å². The van der Waals surface area contributed by atoms with Crippen LogP contribution in [-0.4, -0.2) is 55.9 Å². The number of rotatable bonds is 8. The Labute approximate surface area is 205 Å². The zero-order chi connectivity index (χ0) is 25.2. The van der Waals surface area contributed by atoms with Crippen molar-refractivity contribution in [1.82, 2.24) is 24.6 Å². The molecule has 1 fully saturated rings. The Morgan fingerprint density at radius 3 is 2.54 bits per heavy atom. The van der Waals surface area contributed by atoms with Crippen LogP contribution in [0.2, 0.25) is 0 Å². The lowest BCUT2D eigenvalue weighted by atomic mass is 9.74. The number of aromatic nitrogens is 3. The number of hydrogen-bond acceptors (Lipinski definition) is 5. The van der Waals surface area contributed by atoms with Crippen LogP contribution in [0.15, 0.2) is 54.9 Å². The van der Waals surface area contributed by atoms with Gasteiger partial charge in [0.2, 0.25) is 17.7 Å². The topological polar surface area (TPSA) is 88.4 Å². The minimum absolute atomic E-state index is 0.0337. The second-order valence-corrected chi connectivity index (χ2v) is 9.36. The van der Waals surface area contributed by atoms with Crippen molar-refractivity contribution in [3.8, 4) is 0 Å². The SMILES string of the molecule is Cc1cc(C)n(CCN(C)C(=O)CC2(c3ccccc3C)CC(=O)N(Cc3cccnc3)C2=O)n1. The van der Waals surface area contributed by atoms with Gasteiger partial charge in [-0.2, -0.15) is 5.10 Å². The van der Waals surface area contributed by atoms with E-state index in [2.05, 4.69) is 10.1 Å². The third-order valence-electron chi connectivity index (χ3n) is 6.76. The van der Waals surface area contributed by atoms with Crippen molar-refractivity contribution < 1.29 is 14.4 Å². The maximum Gasteiger partial charge on any atom is 0.241 e. The van der Waals surface area contributed by atoms with Crippen LogP contribution in [0.1, 0.15) is 40.9 Å². The van der Waals surface area contributed by atoms with Gasteiger partial charge in [0.1, 0.15) is 0 Å². The third kappa shape index (κ3) is 4.87. The molecule has 1 aliphatic rings. The van der Waals surface area contributed by atoms with Gasteiger partial charge in [-0.1, -0.05) is 30.3 Å². The van der Waals surface area contributed by atoms with Gasteiger partial charge in [0, 0.05) is 44.5 Å². The minimum atomic E-state index is -1.23. The average Bonchev–Trinajstić information content (AvgIpc) is 3.28. The predicted octanol–water partition coefficient (Wildman–Crippen LogP) is 2.95. The van der Waals surface area contributed by atoms with Crippen molar-refractivity contribution in [2.75, 3.05) is 13.6 Å². The van der Waals surface area contributed by atoms with Crippen LogP contribution in [0.25, 0.3) is 0 Å². The van der Waals surface area contributed by atoms with Crippen LogP contribution >= 0.6 is 0 Å². The number of aryl methyl sites for hydroxylation is 3. The average molecular weight is 474 g/mol. The quantitative estimate of drug-likeness (QED) is 0.470. The maximum absolute atomic E-state index is 13.9. The highest BCUT2D eigenvalue weighted by Crippen LogP contribution is 2.42. The van der Waals surface area contributed by atoms with Gasteiger partial charge in [0.15, 0.2) is 0 Å². The summed E-state index contributed by atoms with van der Waals surface area (Å²) in [6.07, 6.45) is 3.19. The number of likely N-dealkylation sites (N-methyl/N-ethyl adjacent to an activating group) is 1. The van der Waals surface area contributed by atoms with Gasteiger partial charge in [-0.05, 0) is 49.6 Å². The van der Waals surface area contributed by atoms with Gasteiger partial charge in [0.05, 0.1) is 24.2 Å². The van der Waals surface area contributed by atoms with Gasteiger partial charge >= 0.3 is 0 Å². The molecule has 1 aliphatic heterocycles. The van der Waals surface area contributed by atoms with Crippen molar-refractivity contribution in [3.63, 3.8) is 0 Å². The molecule has 1 atom stereocenters. The highest BCUT2D eigenvalue weighted by Gasteiger charge is 2.54. The molecule has 35 heavy (non-hydrogen) atoms. The highest BCUT2D eigenvalue weighted by atomic mass is 16.2. The summed E-state index contributed by atoms with van der Waals surface area (Å²) in [6, 6.07) is 13.1. The molecule has 8 heteroatoms. The summed E-state index contributed by atoms with van der Waals surface area (Å²) in [5.74, 6) is -0.791. The maximum atomic E-state index is 13.9. The van der Waals surface area contributed by atoms with E-state index < -0.39 is 5.41 Å². The van der Waals surface area contributed by atoms with Crippen molar-refractivity contribution >= 4 is 17.7 Å². The van der Waals surface area contributed by atoms with Crippen LogP contribution in [-0.2, 0) is 32.9 Å². The van der Waals surface area contributed by atoms with E-state index >= 15 is 0 Å². The van der Waals surface area contributed by atoms with E-state index in [0.29, 0.717) is 13.1 Å². The first-order valence-electron chi connectivity index (χ1n) is 11.8. The number of carbonyl (C=O) groups is 3. The number of nitrogens with zero attached hydrogens (tertiary/aromatic N) is 5. The molecule has 3 heterocycles. The monoisotopic (exact) mass is 473 g/mol. The lowest BCUT2D eigenvalue weighted by Gasteiger charge is -2.30. The summed E-state index contributed by atoms with van der Waals surface area (Å²) >= 11 is 0. The summed E-state index contributed by atoms with van der Waals surface area (Å²) in [4.78, 5) is 47.4. The number of imide groups is 1. The molecule has 1 saturated heterocycles. The fraction of sp³-hybridized carbons (Fsp3) is 0.370. The lowest BCUT2D eigenvalue weighted by Crippen LogP contribution is -2.43.